The second-order valence-corrected chi connectivity index (χ2v) is 5.95. The molecule has 0 saturated heterocycles. The molecule has 0 aliphatic rings. The van der Waals surface area contributed by atoms with Gasteiger partial charge in [0.15, 0.2) is 5.69 Å². The first-order chi connectivity index (χ1) is 12.8. The van der Waals surface area contributed by atoms with Crippen molar-refractivity contribution in [1.29, 1.82) is 0 Å². The molecule has 0 bridgehead atoms. The van der Waals surface area contributed by atoms with E-state index in [1.807, 2.05) is 32.0 Å². The monoisotopic (exact) mass is 374 g/mol. The fraction of sp³-hybridized carbons (Fsp3) is 0.389. The van der Waals surface area contributed by atoms with Crippen molar-refractivity contribution in [2.75, 3.05) is 19.5 Å². The molecule has 1 amide bonds. The molecule has 1 unspecified atom stereocenters. The van der Waals surface area contributed by atoms with E-state index in [1.54, 1.807) is 6.92 Å². The lowest BCUT2D eigenvalue weighted by atomic mass is 10.1. The van der Waals surface area contributed by atoms with Crippen LogP contribution < -0.4 is 5.32 Å². The van der Waals surface area contributed by atoms with Gasteiger partial charge in [-0.05, 0) is 37.5 Å². The van der Waals surface area contributed by atoms with Gasteiger partial charge in [0.25, 0.3) is 0 Å². The Bertz CT molecular complexity index is 875. The molecule has 9 nitrogen and oxygen atoms in total. The second kappa shape index (κ2) is 8.43. The van der Waals surface area contributed by atoms with Crippen molar-refractivity contribution in [2.45, 2.75) is 33.2 Å². The van der Waals surface area contributed by atoms with Gasteiger partial charge in [-0.15, -0.1) is 5.10 Å². The summed E-state index contributed by atoms with van der Waals surface area (Å²) in [7, 11) is 2.32. The summed E-state index contributed by atoms with van der Waals surface area (Å²) in [5.74, 6) is -2.07. The van der Waals surface area contributed by atoms with E-state index in [0.717, 1.165) is 30.0 Å². The van der Waals surface area contributed by atoms with Gasteiger partial charge in [0, 0.05) is 5.69 Å². The number of carbonyl (C=O) groups excluding carboxylic acids is 3. The molecule has 0 spiro atoms. The number of methoxy groups -OCH3 is 2. The third-order valence-corrected chi connectivity index (χ3v) is 4.09. The van der Waals surface area contributed by atoms with E-state index in [-0.39, 0.29) is 11.4 Å². The summed E-state index contributed by atoms with van der Waals surface area (Å²) in [5, 5.41) is 10.4. The Morgan fingerprint density at radius 3 is 2.41 bits per heavy atom. The third-order valence-electron chi connectivity index (χ3n) is 4.09. The number of nitrogens with zero attached hydrogens (tertiary/aromatic N) is 3. The largest absolute Gasteiger partial charge is 0.464 e. The molecule has 0 radical (unpaired) electrons. The van der Waals surface area contributed by atoms with E-state index in [0.29, 0.717) is 12.1 Å². The van der Waals surface area contributed by atoms with Crippen LogP contribution in [0.1, 0.15) is 51.5 Å². The summed E-state index contributed by atoms with van der Waals surface area (Å²) >= 11 is 0. The highest BCUT2D eigenvalue weighted by Gasteiger charge is 2.32. The molecular weight excluding hydrogens is 352 g/mol. The topological polar surface area (TPSA) is 112 Å². The Balaban J connectivity index is 2.43. The number of hydrogen-bond donors (Lipinski definition) is 1. The minimum atomic E-state index is -0.870. The number of ether oxygens (including phenoxy) is 2. The first-order valence-electron chi connectivity index (χ1n) is 8.33. The standard InChI is InChI=1S/C18H22N4O5/c1-6-13(16(23)19-12-9-10(2)7-8-11(12)3)22-15(18(25)27-5)14(20-21-22)17(24)26-4/h7-9,13H,6H2,1-5H3,(H,19,23). The number of aromatic nitrogens is 3. The normalized spacial score (nSPS) is 11.6. The van der Waals surface area contributed by atoms with Crippen LogP contribution in [-0.2, 0) is 14.3 Å². The zero-order valence-electron chi connectivity index (χ0n) is 15.9. The Labute approximate surface area is 156 Å². The SMILES string of the molecule is CCC(C(=O)Nc1cc(C)ccc1C)n1nnc(C(=O)OC)c1C(=O)OC. The van der Waals surface area contributed by atoms with Gasteiger partial charge >= 0.3 is 11.9 Å². The molecule has 2 aromatic rings. The van der Waals surface area contributed by atoms with Crippen molar-refractivity contribution >= 4 is 23.5 Å². The van der Waals surface area contributed by atoms with Crippen LogP contribution in [0.3, 0.4) is 0 Å². The predicted molar refractivity (Wildman–Crippen MR) is 96.6 cm³/mol. The molecule has 0 aliphatic carbocycles. The van der Waals surface area contributed by atoms with E-state index >= 15 is 0 Å². The van der Waals surface area contributed by atoms with E-state index in [2.05, 4.69) is 20.4 Å². The van der Waals surface area contributed by atoms with Crippen LogP contribution in [0, 0.1) is 13.8 Å². The number of nitrogens with one attached hydrogen (secondary N) is 1. The van der Waals surface area contributed by atoms with Crippen LogP contribution in [-0.4, -0.2) is 47.1 Å². The van der Waals surface area contributed by atoms with Crippen LogP contribution >= 0.6 is 0 Å². The molecule has 27 heavy (non-hydrogen) atoms. The number of anilines is 1. The quantitative estimate of drug-likeness (QED) is 0.770. The van der Waals surface area contributed by atoms with Crippen molar-refractivity contribution < 1.29 is 23.9 Å². The van der Waals surface area contributed by atoms with E-state index in [4.69, 9.17) is 4.74 Å². The zero-order valence-corrected chi connectivity index (χ0v) is 15.9. The lowest BCUT2D eigenvalue weighted by Gasteiger charge is -2.18. The van der Waals surface area contributed by atoms with Gasteiger partial charge in [-0.25, -0.2) is 14.3 Å². The summed E-state index contributed by atoms with van der Waals surface area (Å²) < 4.78 is 10.4. The average molecular weight is 374 g/mol. The molecule has 144 valence electrons. The van der Waals surface area contributed by atoms with Crippen LogP contribution in [0.5, 0.6) is 0 Å². The third kappa shape index (κ3) is 4.13. The average Bonchev–Trinajstić information content (AvgIpc) is 3.08. The highest BCUT2D eigenvalue weighted by atomic mass is 16.5. The molecule has 1 heterocycles. The van der Waals surface area contributed by atoms with Gasteiger partial charge in [0.2, 0.25) is 11.6 Å². The Kier molecular flexibility index (Phi) is 6.27. The van der Waals surface area contributed by atoms with Gasteiger partial charge in [-0.3, -0.25) is 4.79 Å². The van der Waals surface area contributed by atoms with Gasteiger partial charge in [-0.2, -0.15) is 0 Å². The fourth-order valence-corrected chi connectivity index (χ4v) is 2.59. The predicted octanol–water partition coefficient (Wildman–Crippen LogP) is 2.06. The minimum absolute atomic E-state index is 0.229. The van der Waals surface area contributed by atoms with Crippen molar-refractivity contribution in [3.8, 4) is 0 Å². The van der Waals surface area contributed by atoms with E-state index < -0.39 is 23.9 Å². The second-order valence-electron chi connectivity index (χ2n) is 5.95. The summed E-state index contributed by atoms with van der Waals surface area (Å²) in [6, 6.07) is 4.82. The van der Waals surface area contributed by atoms with Gasteiger partial charge < -0.3 is 14.8 Å². The minimum Gasteiger partial charge on any atom is -0.464 e. The number of hydrogen-bond acceptors (Lipinski definition) is 7. The fourth-order valence-electron chi connectivity index (χ4n) is 2.59. The lowest BCUT2D eigenvalue weighted by Crippen LogP contribution is -2.29. The molecule has 0 aliphatic heterocycles. The molecule has 0 saturated carbocycles. The van der Waals surface area contributed by atoms with Gasteiger partial charge in [-0.1, -0.05) is 24.3 Å². The smallest absolute Gasteiger partial charge is 0.361 e. The summed E-state index contributed by atoms with van der Waals surface area (Å²) in [4.78, 5) is 36.9. The van der Waals surface area contributed by atoms with Crippen LogP contribution in [0.15, 0.2) is 18.2 Å². The number of carbonyl (C=O) groups is 3. The molecular formula is C18H22N4O5. The van der Waals surface area contributed by atoms with E-state index in [1.165, 1.54) is 0 Å². The Hall–Kier alpha value is -3.23. The van der Waals surface area contributed by atoms with Crippen molar-refractivity contribution in [1.82, 2.24) is 15.0 Å². The summed E-state index contributed by atoms with van der Waals surface area (Å²) in [6.45, 7) is 5.55. The number of benzene rings is 1. The van der Waals surface area contributed by atoms with Crippen molar-refractivity contribution in [3.63, 3.8) is 0 Å². The van der Waals surface area contributed by atoms with Crippen molar-refractivity contribution in [2.24, 2.45) is 0 Å². The molecule has 1 atom stereocenters. The Morgan fingerprint density at radius 2 is 1.81 bits per heavy atom. The van der Waals surface area contributed by atoms with Gasteiger partial charge in [0.1, 0.15) is 6.04 Å². The summed E-state index contributed by atoms with van der Waals surface area (Å²) in [5.41, 5.74) is 2.01. The van der Waals surface area contributed by atoms with Crippen molar-refractivity contribution in [3.05, 3.63) is 40.7 Å². The number of rotatable bonds is 6. The molecule has 9 heteroatoms. The van der Waals surface area contributed by atoms with Crippen LogP contribution in [0.2, 0.25) is 0 Å². The molecule has 1 aromatic carbocycles. The molecule has 1 aromatic heterocycles. The highest BCUT2D eigenvalue weighted by molar-refractivity contribution is 6.01. The number of amides is 1. The maximum atomic E-state index is 12.9. The van der Waals surface area contributed by atoms with Crippen LogP contribution in [0.25, 0.3) is 0 Å². The maximum Gasteiger partial charge on any atom is 0.361 e. The molecule has 1 N–H and O–H groups in total. The van der Waals surface area contributed by atoms with Crippen LogP contribution in [0.4, 0.5) is 5.69 Å². The Morgan fingerprint density at radius 1 is 1.15 bits per heavy atom. The molecule has 2 rings (SSSR count). The first-order valence-corrected chi connectivity index (χ1v) is 8.33. The van der Waals surface area contributed by atoms with E-state index in [9.17, 15) is 14.4 Å². The first kappa shape index (κ1) is 20.1. The summed E-state index contributed by atoms with van der Waals surface area (Å²) in [6.07, 6.45) is 0.310. The van der Waals surface area contributed by atoms with Gasteiger partial charge in [0.05, 0.1) is 14.2 Å². The molecule has 0 fully saturated rings. The maximum absolute atomic E-state index is 12.9. The highest BCUT2D eigenvalue weighted by Crippen LogP contribution is 2.22. The number of esters is 2. The zero-order chi connectivity index (χ0) is 20.1. The number of aryl methyl sites for hydroxylation is 2. The lowest BCUT2D eigenvalue weighted by molar-refractivity contribution is -0.119.